The Labute approximate surface area is 127 Å². The van der Waals surface area contributed by atoms with Gasteiger partial charge in [-0.25, -0.2) is 12.8 Å². The van der Waals surface area contributed by atoms with Crippen molar-refractivity contribution < 1.29 is 12.8 Å². The fraction of sp³-hybridized carbons (Fsp3) is 0.400. The van der Waals surface area contributed by atoms with Crippen LogP contribution in [-0.4, -0.2) is 38.9 Å². The molecule has 0 saturated carbocycles. The monoisotopic (exact) mass is 348 g/mol. The highest BCUT2D eigenvalue weighted by Gasteiger charge is 2.33. The second kappa shape index (κ2) is 6.11. The molecule has 1 aliphatic heterocycles. The van der Waals surface area contributed by atoms with Gasteiger partial charge in [-0.15, -0.1) is 12.4 Å². The van der Waals surface area contributed by atoms with E-state index in [9.17, 15) is 12.8 Å². The van der Waals surface area contributed by atoms with Crippen molar-refractivity contribution in [3.8, 4) is 0 Å². The first-order valence-corrected chi connectivity index (χ1v) is 7.37. The average Bonchev–Trinajstić information content (AvgIpc) is 2.23. The second-order valence-corrected chi connectivity index (χ2v) is 6.76. The van der Waals surface area contributed by atoms with Crippen molar-refractivity contribution in [2.75, 3.05) is 20.1 Å². The Hall–Kier alpha value is -0.110. The van der Waals surface area contributed by atoms with Crippen molar-refractivity contribution in [3.05, 3.63) is 28.0 Å². The first kappa shape index (κ1) is 16.9. The number of hydrogen-bond acceptors (Lipinski definition) is 3. The summed E-state index contributed by atoms with van der Waals surface area (Å²) in [5.74, 6) is -0.917. The summed E-state index contributed by atoms with van der Waals surface area (Å²) >= 11 is 11.3. The summed E-state index contributed by atoms with van der Waals surface area (Å²) < 4.78 is 39.2. The summed E-state index contributed by atoms with van der Waals surface area (Å²) in [5.41, 5.74) is 0. The zero-order valence-corrected chi connectivity index (χ0v) is 13.0. The lowest BCUT2D eigenvalue weighted by Gasteiger charge is -2.34. The number of benzene rings is 1. The molecule has 1 N–H and O–H groups in total. The van der Waals surface area contributed by atoms with Crippen molar-refractivity contribution >= 4 is 45.6 Å². The van der Waals surface area contributed by atoms with Crippen molar-refractivity contribution in [2.45, 2.75) is 10.9 Å². The van der Waals surface area contributed by atoms with Gasteiger partial charge in [-0.2, -0.15) is 4.31 Å². The van der Waals surface area contributed by atoms with Gasteiger partial charge >= 0.3 is 0 Å². The van der Waals surface area contributed by atoms with Gasteiger partial charge in [0.15, 0.2) is 5.82 Å². The molecule has 19 heavy (non-hydrogen) atoms. The van der Waals surface area contributed by atoms with Gasteiger partial charge in [-0.3, -0.25) is 0 Å². The van der Waals surface area contributed by atoms with Gasteiger partial charge in [0.25, 0.3) is 0 Å². The van der Waals surface area contributed by atoms with Gasteiger partial charge in [0.1, 0.15) is 4.90 Å². The maximum atomic E-state index is 13.5. The summed E-state index contributed by atoms with van der Waals surface area (Å²) in [6.07, 6.45) is 0. The summed E-state index contributed by atoms with van der Waals surface area (Å²) in [4.78, 5) is -0.263. The Morgan fingerprint density at radius 1 is 1.37 bits per heavy atom. The van der Waals surface area contributed by atoms with Crippen LogP contribution < -0.4 is 5.32 Å². The molecule has 0 bridgehead atoms. The third kappa shape index (κ3) is 2.99. The minimum atomic E-state index is -3.81. The van der Waals surface area contributed by atoms with E-state index in [1.165, 1.54) is 23.5 Å². The molecule has 1 aromatic carbocycles. The molecular formula is C10H12Cl3FN2O2S. The largest absolute Gasteiger partial charge is 0.313 e. The minimum absolute atomic E-state index is 0. The van der Waals surface area contributed by atoms with Crippen molar-refractivity contribution in [1.29, 1.82) is 0 Å². The van der Waals surface area contributed by atoms with Crippen LogP contribution in [0.3, 0.4) is 0 Å². The second-order valence-electron chi connectivity index (χ2n) is 4.01. The third-order valence-electron chi connectivity index (χ3n) is 2.93. The molecule has 0 amide bonds. The lowest BCUT2D eigenvalue weighted by Crippen LogP contribution is -2.57. The molecule has 2 rings (SSSR count). The minimum Gasteiger partial charge on any atom is -0.313 e. The van der Waals surface area contributed by atoms with Crippen molar-refractivity contribution in [3.63, 3.8) is 0 Å². The van der Waals surface area contributed by atoms with Crippen LogP contribution in [0.15, 0.2) is 17.0 Å². The molecule has 1 aromatic rings. The zero-order valence-electron chi connectivity index (χ0n) is 9.86. The molecule has 1 aliphatic rings. The van der Waals surface area contributed by atoms with E-state index in [0.29, 0.717) is 13.1 Å². The van der Waals surface area contributed by atoms with Crippen molar-refractivity contribution in [1.82, 2.24) is 9.62 Å². The number of nitrogens with one attached hydrogen (secondary N) is 1. The average molecular weight is 350 g/mol. The topological polar surface area (TPSA) is 49.4 Å². The molecule has 0 aromatic heterocycles. The molecule has 9 heteroatoms. The molecule has 4 nitrogen and oxygen atoms in total. The highest BCUT2D eigenvalue weighted by atomic mass is 35.5. The number of likely N-dealkylation sites (N-methyl/N-ethyl adjacent to an activating group) is 1. The molecule has 0 radical (unpaired) electrons. The number of sulfonamides is 1. The van der Waals surface area contributed by atoms with E-state index in [2.05, 4.69) is 5.32 Å². The molecule has 1 fully saturated rings. The highest BCUT2D eigenvalue weighted by molar-refractivity contribution is 7.89. The van der Waals surface area contributed by atoms with E-state index in [1.807, 2.05) is 0 Å². The Bertz CT molecular complexity index is 578. The predicted octanol–water partition coefficient (Wildman–Crippen LogP) is 2.15. The molecule has 0 unspecified atom stereocenters. The van der Waals surface area contributed by atoms with E-state index >= 15 is 0 Å². The van der Waals surface area contributed by atoms with Crippen LogP contribution in [0.4, 0.5) is 4.39 Å². The zero-order chi connectivity index (χ0) is 13.5. The summed E-state index contributed by atoms with van der Waals surface area (Å²) in [5, 5.41) is 2.29. The lowest BCUT2D eigenvalue weighted by molar-refractivity contribution is 0.274. The van der Waals surface area contributed by atoms with Gasteiger partial charge in [0, 0.05) is 26.2 Å². The lowest BCUT2D eigenvalue weighted by atomic mass is 10.2. The van der Waals surface area contributed by atoms with Crippen molar-refractivity contribution in [2.24, 2.45) is 0 Å². The molecule has 108 valence electrons. The highest BCUT2D eigenvalue weighted by Crippen LogP contribution is 2.31. The molecular weight excluding hydrogens is 338 g/mol. The third-order valence-corrected chi connectivity index (χ3v) is 5.66. The van der Waals surface area contributed by atoms with Gasteiger partial charge in [0.2, 0.25) is 10.0 Å². The first-order chi connectivity index (χ1) is 8.35. The summed E-state index contributed by atoms with van der Waals surface area (Å²) in [7, 11) is -2.36. The fourth-order valence-electron chi connectivity index (χ4n) is 1.59. The maximum absolute atomic E-state index is 13.5. The number of rotatable bonds is 3. The Balaban J connectivity index is 0.00000180. The van der Waals surface area contributed by atoms with E-state index in [0.717, 1.165) is 0 Å². The van der Waals surface area contributed by atoms with Crippen LogP contribution in [-0.2, 0) is 10.0 Å². The van der Waals surface area contributed by atoms with E-state index in [-0.39, 0.29) is 28.4 Å². The quantitative estimate of drug-likeness (QED) is 0.851. The molecule has 0 aliphatic carbocycles. The maximum Gasteiger partial charge on any atom is 0.244 e. The van der Waals surface area contributed by atoms with E-state index in [4.69, 9.17) is 23.2 Å². The summed E-state index contributed by atoms with van der Waals surface area (Å²) in [6.45, 7) is 1.15. The fourth-order valence-corrected chi connectivity index (χ4v) is 3.66. The number of halogens is 4. The van der Waals surface area contributed by atoms with Crippen LogP contribution in [0.25, 0.3) is 0 Å². The normalized spacial score (nSPS) is 16.1. The first-order valence-electron chi connectivity index (χ1n) is 5.18. The molecule has 0 atom stereocenters. The standard InChI is InChI=1S/C10H11Cl2FN2O2S.ClH/c1-15(6-4-14-5-6)18(16,17)8-3-2-7(11)10(13)9(8)12;/h2-3,6,14H,4-5H2,1H3;1H. The van der Waals surface area contributed by atoms with Gasteiger partial charge < -0.3 is 5.32 Å². The van der Waals surface area contributed by atoms with E-state index < -0.39 is 20.9 Å². The molecule has 1 saturated heterocycles. The van der Waals surface area contributed by atoms with Gasteiger partial charge in [-0.1, -0.05) is 23.2 Å². The van der Waals surface area contributed by atoms with Crippen LogP contribution in [0.1, 0.15) is 0 Å². The van der Waals surface area contributed by atoms with Gasteiger partial charge in [-0.05, 0) is 12.1 Å². The number of nitrogens with zero attached hydrogens (tertiary/aromatic N) is 1. The number of hydrogen-bond donors (Lipinski definition) is 1. The SMILES string of the molecule is CN(C1CNC1)S(=O)(=O)c1ccc(Cl)c(F)c1Cl.Cl. The Kier molecular flexibility index (Phi) is 5.45. The molecule has 0 spiro atoms. The predicted molar refractivity (Wildman–Crippen MR) is 75.3 cm³/mol. The van der Waals surface area contributed by atoms with Gasteiger partial charge in [0.05, 0.1) is 10.0 Å². The van der Waals surface area contributed by atoms with E-state index in [1.54, 1.807) is 0 Å². The molecule has 1 heterocycles. The Morgan fingerprint density at radius 3 is 2.42 bits per heavy atom. The van der Waals surface area contributed by atoms with Crippen LogP contribution in [0, 0.1) is 5.82 Å². The van der Waals surface area contributed by atoms with Crippen LogP contribution in [0.5, 0.6) is 0 Å². The summed E-state index contributed by atoms with van der Waals surface area (Å²) in [6, 6.07) is 2.26. The smallest absolute Gasteiger partial charge is 0.244 e. The van der Waals surface area contributed by atoms with Crippen LogP contribution >= 0.6 is 35.6 Å². The Morgan fingerprint density at radius 2 is 1.95 bits per heavy atom. The van der Waals surface area contributed by atoms with Crippen LogP contribution in [0.2, 0.25) is 10.0 Å².